The molecular formula is C23H29BrO2Si2. The summed E-state index contributed by atoms with van der Waals surface area (Å²) in [5, 5.41) is 2.57. The van der Waals surface area contributed by atoms with Crippen molar-refractivity contribution in [3.05, 3.63) is 81.8 Å². The minimum Gasteiger partial charge on any atom is -0.400 e. The largest absolute Gasteiger partial charge is 0.400 e. The summed E-state index contributed by atoms with van der Waals surface area (Å²) in [6.45, 7) is 8.90. The Hall–Kier alpha value is -1.25. The van der Waals surface area contributed by atoms with Gasteiger partial charge in [0.15, 0.2) is 19.5 Å². The van der Waals surface area contributed by atoms with Crippen molar-refractivity contribution in [2.75, 3.05) is 0 Å². The van der Waals surface area contributed by atoms with Crippen LogP contribution in [-0.4, -0.2) is 25.8 Å². The van der Waals surface area contributed by atoms with Crippen molar-refractivity contribution in [3.8, 4) is 0 Å². The number of benzene rings is 3. The average molecular weight is 474 g/mol. The van der Waals surface area contributed by atoms with E-state index < -0.39 is 19.5 Å². The maximum absolute atomic E-state index is 6.22. The first-order chi connectivity index (χ1) is 13.5. The molecule has 0 aromatic heterocycles. The Morgan fingerprint density at radius 1 is 0.929 bits per heavy atom. The zero-order valence-corrected chi connectivity index (χ0v) is 21.6. The lowest BCUT2D eigenvalue weighted by Gasteiger charge is -2.37. The molecule has 0 aliphatic heterocycles. The maximum atomic E-state index is 6.22. The third-order valence-electron chi connectivity index (χ3n) is 5.17. The van der Waals surface area contributed by atoms with Crippen LogP contribution < -0.4 is 0 Å². The number of fused-ring (bicyclic) bond motifs is 1. The molecule has 3 aromatic carbocycles. The van der Waals surface area contributed by atoms with Gasteiger partial charge in [0.25, 0.3) is 0 Å². The molecule has 0 atom stereocenters. The summed E-state index contributed by atoms with van der Waals surface area (Å²) in [5.41, 5.74) is 3.76. The third-order valence-corrected chi connectivity index (χ3v) is 6.93. The second kappa shape index (κ2) is 9.50. The molecule has 0 aliphatic rings. The molecule has 0 radical (unpaired) electrons. The van der Waals surface area contributed by atoms with Crippen LogP contribution in [0.15, 0.2) is 65.1 Å². The summed E-state index contributed by atoms with van der Waals surface area (Å²) in [4.78, 5) is 0. The summed E-state index contributed by atoms with van der Waals surface area (Å²) >= 11 is 3.61. The van der Waals surface area contributed by atoms with E-state index in [1.807, 2.05) is 0 Å². The highest BCUT2D eigenvalue weighted by atomic mass is 79.9. The Bertz CT molecular complexity index is 937. The zero-order valence-electron chi connectivity index (χ0n) is 17.2. The molecule has 0 bridgehead atoms. The van der Waals surface area contributed by atoms with Gasteiger partial charge in [-0.3, -0.25) is 0 Å². The predicted molar refractivity (Wildman–Crippen MR) is 129 cm³/mol. The van der Waals surface area contributed by atoms with E-state index in [1.165, 1.54) is 27.5 Å². The van der Waals surface area contributed by atoms with Gasteiger partial charge in [0.1, 0.15) is 6.29 Å². The van der Waals surface area contributed by atoms with E-state index in [9.17, 15) is 0 Å². The zero-order chi connectivity index (χ0) is 20.1. The van der Waals surface area contributed by atoms with Crippen LogP contribution in [0.2, 0.25) is 13.1 Å². The van der Waals surface area contributed by atoms with Gasteiger partial charge in [-0.15, -0.1) is 0 Å². The van der Waals surface area contributed by atoms with Gasteiger partial charge in [0.2, 0.25) is 0 Å². The molecule has 0 amide bonds. The standard InChI is InChI=1S/C23H29BrO2Si2/c1-23(2,22(25-27-3)26-28-4)21-18(14-16-8-7-10-19(24)15-16)13-12-17-9-5-6-11-20(17)21/h5-13,15,22H,14,27-28H2,1-4H3. The summed E-state index contributed by atoms with van der Waals surface area (Å²) in [6, 6.07) is 21.8. The van der Waals surface area contributed by atoms with Gasteiger partial charge in [-0.25, -0.2) is 0 Å². The molecule has 0 saturated heterocycles. The van der Waals surface area contributed by atoms with E-state index >= 15 is 0 Å². The van der Waals surface area contributed by atoms with Crippen molar-refractivity contribution in [1.82, 2.24) is 0 Å². The fourth-order valence-electron chi connectivity index (χ4n) is 3.98. The van der Waals surface area contributed by atoms with Crippen molar-refractivity contribution >= 4 is 46.2 Å². The quantitative estimate of drug-likeness (QED) is 0.335. The van der Waals surface area contributed by atoms with Gasteiger partial charge in [0.05, 0.1) is 0 Å². The Balaban J connectivity index is 2.16. The average Bonchev–Trinajstić information content (AvgIpc) is 2.67. The normalized spacial score (nSPS) is 13.9. The third kappa shape index (κ3) is 4.66. The maximum Gasteiger partial charge on any atom is 0.161 e. The molecule has 3 aromatic rings. The van der Waals surface area contributed by atoms with Gasteiger partial charge >= 0.3 is 0 Å². The van der Waals surface area contributed by atoms with Gasteiger partial charge in [0, 0.05) is 9.89 Å². The van der Waals surface area contributed by atoms with Gasteiger partial charge < -0.3 is 8.85 Å². The molecule has 0 heterocycles. The molecule has 2 nitrogen and oxygen atoms in total. The van der Waals surface area contributed by atoms with E-state index in [0.29, 0.717) is 0 Å². The molecular weight excluding hydrogens is 444 g/mol. The Kier molecular flexibility index (Phi) is 7.28. The molecule has 28 heavy (non-hydrogen) atoms. The van der Waals surface area contributed by atoms with Crippen LogP contribution >= 0.6 is 15.9 Å². The molecule has 0 fully saturated rings. The molecule has 0 spiro atoms. The van der Waals surface area contributed by atoms with Crippen molar-refractivity contribution < 1.29 is 8.85 Å². The van der Waals surface area contributed by atoms with Crippen LogP contribution in [0.5, 0.6) is 0 Å². The van der Waals surface area contributed by atoms with Crippen LogP contribution in [-0.2, 0) is 20.7 Å². The highest BCUT2D eigenvalue weighted by Crippen LogP contribution is 2.38. The first-order valence-corrected chi connectivity index (χ1v) is 14.7. The second-order valence-electron chi connectivity index (χ2n) is 7.59. The molecule has 5 heteroatoms. The fraction of sp³-hybridized carbons (Fsp3) is 0.304. The predicted octanol–water partition coefficient (Wildman–Crippen LogP) is 5.09. The van der Waals surface area contributed by atoms with Crippen molar-refractivity contribution in [2.24, 2.45) is 0 Å². The molecule has 3 rings (SSSR count). The van der Waals surface area contributed by atoms with Gasteiger partial charge in [-0.1, -0.05) is 91.4 Å². The highest BCUT2D eigenvalue weighted by molar-refractivity contribution is 9.10. The molecule has 0 unspecified atom stereocenters. The van der Waals surface area contributed by atoms with Crippen LogP contribution in [0.4, 0.5) is 0 Å². The van der Waals surface area contributed by atoms with E-state index in [0.717, 1.165) is 10.9 Å². The van der Waals surface area contributed by atoms with Crippen LogP contribution in [0.1, 0.15) is 30.5 Å². The SMILES string of the molecule is C[SiH2]OC(O[SiH2]C)C(C)(C)c1c(Cc2cccc(Br)c2)ccc2ccccc12. The lowest BCUT2D eigenvalue weighted by Crippen LogP contribution is -2.40. The Morgan fingerprint density at radius 2 is 1.64 bits per heavy atom. The van der Waals surface area contributed by atoms with Crippen molar-refractivity contribution in [1.29, 1.82) is 0 Å². The molecule has 0 aliphatic carbocycles. The molecule has 0 saturated carbocycles. The second-order valence-corrected chi connectivity index (χ2v) is 10.3. The van der Waals surface area contributed by atoms with Crippen LogP contribution in [0.3, 0.4) is 0 Å². The lowest BCUT2D eigenvalue weighted by atomic mass is 9.77. The summed E-state index contributed by atoms with van der Waals surface area (Å²) in [7, 11) is -1.15. The van der Waals surface area contributed by atoms with Crippen LogP contribution in [0, 0.1) is 0 Å². The van der Waals surface area contributed by atoms with E-state index in [4.69, 9.17) is 8.85 Å². The Morgan fingerprint density at radius 3 is 2.32 bits per heavy atom. The number of hydrogen-bond acceptors (Lipinski definition) is 2. The van der Waals surface area contributed by atoms with Crippen molar-refractivity contribution in [2.45, 2.75) is 45.1 Å². The van der Waals surface area contributed by atoms with Crippen molar-refractivity contribution in [3.63, 3.8) is 0 Å². The summed E-state index contributed by atoms with van der Waals surface area (Å²) in [5.74, 6) is 0. The van der Waals surface area contributed by atoms with E-state index in [2.05, 4.69) is 104 Å². The van der Waals surface area contributed by atoms with E-state index in [-0.39, 0.29) is 11.7 Å². The molecule has 148 valence electrons. The lowest BCUT2D eigenvalue weighted by molar-refractivity contribution is -0.0430. The van der Waals surface area contributed by atoms with Crippen LogP contribution in [0.25, 0.3) is 10.8 Å². The minimum absolute atomic E-state index is 0.173. The fourth-order valence-corrected chi connectivity index (χ4v) is 6.25. The number of rotatable bonds is 8. The topological polar surface area (TPSA) is 18.5 Å². The molecule has 0 N–H and O–H groups in total. The number of halogens is 1. The van der Waals surface area contributed by atoms with Gasteiger partial charge in [-0.2, -0.15) is 0 Å². The smallest absolute Gasteiger partial charge is 0.161 e. The van der Waals surface area contributed by atoms with E-state index in [1.54, 1.807) is 0 Å². The summed E-state index contributed by atoms with van der Waals surface area (Å²) in [6.07, 6.45) is 0.718. The Labute approximate surface area is 181 Å². The first kappa shape index (κ1) is 21.5. The first-order valence-electron chi connectivity index (χ1n) is 9.96. The van der Waals surface area contributed by atoms with Gasteiger partial charge in [-0.05, 0) is 46.0 Å². The highest BCUT2D eigenvalue weighted by Gasteiger charge is 2.35. The minimum atomic E-state index is -0.574. The summed E-state index contributed by atoms with van der Waals surface area (Å²) < 4.78 is 13.6. The monoisotopic (exact) mass is 472 g/mol. The number of hydrogen-bond donors (Lipinski definition) is 0.